The summed E-state index contributed by atoms with van der Waals surface area (Å²) in [4.78, 5) is 204. The first-order valence-electron chi connectivity index (χ1n) is 34.8. The van der Waals surface area contributed by atoms with Gasteiger partial charge in [0.25, 0.3) is 0 Å². The number of benzene rings is 2. The largest absolute Gasteiger partial charge is 0.481 e. The zero-order chi connectivity index (χ0) is 77.4. The molecule has 0 unspecified atom stereocenters. The highest BCUT2D eigenvalue weighted by Gasteiger charge is 2.36. The average molecular weight is 1480 g/mol. The lowest BCUT2D eigenvalue weighted by molar-refractivity contribution is -0.139. The standard InChI is InChI=1S/C70H101N17O17S/c1-10-46(65(99)86-55(28-42-32-74-48-18-14-12-16-45(42)48)68(102)82-51(23-24-105-9)63(97)75-30-39(6)88)81-67(101)53(26-38(4)5)85-66(100)50(20-22-60(93)94)80-58(90)35-77-64(98)52(25-37(2)3)84-70(104)56(29-43-33-72-36-78-43)87-69(103)54(27-41-31-73-47-17-13-11-15-44(41)47)83-61(95)40(7)79-57(89)34-76-62(96)49(71-8)19-21-59(91)92/h11-18,31-33,36-40,46,49-56,71,73-74,88H,10,19-30,34-35H2,1-9H3,(H,72,78)(H,75,97)(H,76,96)(H,77,98)(H,79,89)(H,80,90)(H,81,101)(H,82,102)(H,83,95)(H,84,104)(H,85,100)(H,86,99)(H,87,103)(H,91,92)(H,93,94)/t39-,40+,46+,49+,50+,51+,52+,53+,54+,55+,56+/m1/s1. The minimum atomic E-state index is -1.62. The van der Waals surface area contributed by atoms with E-state index < -0.39 is 175 Å². The number of aliphatic hydroxyl groups excluding tert-OH is 1. The Bertz CT molecular complexity index is 3790. The molecule has 2 aromatic carbocycles. The third kappa shape index (κ3) is 28.6. The van der Waals surface area contributed by atoms with Crippen molar-refractivity contribution in [3.8, 4) is 0 Å². The Morgan fingerprint density at radius 1 is 0.467 bits per heavy atom. The Balaban J connectivity index is 1.29. The normalized spacial score (nSPS) is 14.4. The highest BCUT2D eigenvalue weighted by atomic mass is 32.2. The predicted octanol–water partition coefficient (Wildman–Crippen LogP) is -0.914. The smallest absolute Gasteiger partial charge is 0.303 e. The number of aliphatic hydroxyl groups is 1. The first-order valence-corrected chi connectivity index (χ1v) is 36.2. The van der Waals surface area contributed by atoms with E-state index in [1.165, 1.54) is 45.2 Å². The van der Waals surface area contributed by atoms with Gasteiger partial charge in [-0.25, -0.2) is 4.98 Å². The topological polar surface area (TPSA) is 516 Å². The van der Waals surface area contributed by atoms with Crippen LogP contribution in [-0.2, 0) is 86.4 Å². The average Bonchev–Trinajstić information content (AvgIpc) is 1.72. The number of carbonyl (C=O) groups excluding carboxylic acids is 12. The summed E-state index contributed by atoms with van der Waals surface area (Å²) in [5.74, 6) is -12.3. The van der Waals surface area contributed by atoms with Gasteiger partial charge in [-0.15, -0.1) is 0 Å². The number of aromatic nitrogens is 4. The van der Waals surface area contributed by atoms with Crippen molar-refractivity contribution in [2.75, 3.05) is 38.7 Å². The van der Waals surface area contributed by atoms with Crippen LogP contribution in [0.1, 0.15) is 117 Å². The molecule has 12 amide bonds. The summed E-state index contributed by atoms with van der Waals surface area (Å²) in [6.45, 7) is 9.96. The monoisotopic (exact) mass is 1480 g/mol. The fourth-order valence-electron chi connectivity index (χ4n) is 11.2. The van der Waals surface area contributed by atoms with Crippen molar-refractivity contribution in [3.05, 3.63) is 90.3 Å². The summed E-state index contributed by atoms with van der Waals surface area (Å²) >= 11 is 1.44. The highest BCUT2D eigenvalue weighted by molar-refractivity contribution is 7.98. The van der Waals surface area contributed by atoms with E-state index in [2.05, 4.69) is 89.1 Å². The lowest BCUT2D eigenvalue weighted by Gasteiger charge is -2.27. The van der Waals surface area contributed by atoms with Crippen LogP contribution in [0.15, 0.2) is 73.4 Å². The molecule has 0 aliphatic heterocycles. The van der Waals surface area contributed by atoms with Gasteiger partial charge in [0.15, 0.2) is 0 Å². The number of hydrogen-bond acceptors (Lipinski definition) is 18. The molecule has 0 bridgehead atoms. The molecule has 35 heteroatoms. The van der Waals surface area contributed by atoms with Crippen LogP contribution in [0.25, 0.3) is 21.8 Å². The summed E-state index contributed by atoms with van der Waals surface area (Å²) in [6, 6.07) is 1.27. The Labute approximate surface area is 611 Å². The molecule has 34 nitrogen and oxygen atoms in total. The van der Waals surface area contributed by atoms with Gasteiger partial charge in [0.1, 0.15) is 54.4 Å². The molecule has 0 radical (unpaired) electrons. The molecule has 0 saturated carbocycles. The zero-order valence-electron chi connectivity index (χ0n) is 60.5. The third-order valence-electron chi connectivity index (χ3n) is 16.8. The van der Waals surface area contributed by atoms with Gasteiger partial charge in [0.2, 0.25) is 70.9 Å². The Morgan fingerprint density at radius 3 is 1.35 bits per heavy atom. The van der Waals surface area contributed by atoms with Gasteiger partial charge >= 0.3 is 11.9 Å². The van der Waals surface area contributed by atoms with Crippen LogP contribution in [0.5, 0.6) is 0 Å². The molecular weight excluding hydrogens is 1380 g/mol. The second-order valence-corrected chi connectivity index (χ2v) is 27.4. The lowest BCUT2D eigenvalue weighted by Crippen LogP contribution is -2.60. The van der Waals surface area contributed by atoms with Crippen molar-refractivity contribution in [2.24, 2.45) is 11.8 Å². The van der Waals surface area contributed by atoms with E-state index >= 15 is 0 Å². The maximum absolute atomic E-state index is 14.6. The number of fused-ring (bicyclic) bond motifs is 2. The molecule has 0 aliphatic rings. The van der Waals surface area contributed by atoms with Gasteiger partial charge in [0.05, 0.1) is 37.3 Å². The second kappa shape index (κ2) is 43.0. The number of thioether (sulfide) groups is 1. The van der Waals surface area contributed by atoms with Crippen LogP contribution in [0, 0.1) is 11.8 Å². The molecule has 0 spiro atoms. The van der Waals surface area contributed by atoms with Crippen molar-refractivity contribution in [1.29, 1.82) is 0 Å². The number of nitrogens with one attached hydrogen (secondary N) is 16. The molecule has 11 atom stereocenters. The number of H-pyrrole nitrogens is 3. The first kappa shape index (κ1) is 85.2. The van der Waals surface area contributed by atoms with Gasteiger partial charge in [-0.3, -0.25) is 67.1 Å². The van der Waals surface area contributed by atoms with Gasteiger partial charge in [-0.05, 0) is 107 Å². The SMILES string of the molecule is CC[C@H](NC(=O)[C@H](CC(C)C)NC(=O)[C@H](CCC(=O)O)NC(=O)CNC(=O)[C@H](CC(C)C)NC(=O)[C@H](Cc1c[nH]cn1)NC(=O)[C@H](Cc1c[nH]c2ccccc12)NC(=O)[C@H](C)NC(=O)CNC(=O)[C@H](CCC(=O)O)NC)C(=O)N[C@@H](Cc1c[nH]c2ccccc12)C(=O)N[C@@H](CCSC)C(=O)NC[C@@H](C)O. The molecule has 5 rings (SSSR count). The summed E-state index contributed by atoms with van der Waals surface area (Å²) < 4.78 is 0. The summed E-state index contributed by atoms with van der Waals surface area (Å²) in [6.07, 6.45) is 5.28. The van der Waals surface area contributed by atoms with Crippen LogP contribution < -0.4 is 69.1 Å². The molecule has 105 heavy (non-hydrogen) atoms. The predicted molar refractivity (Wildman–Crippen MR) is 389 cm³/mol. The number of amides is 12. The summed E-state index contributed by atoms with van der Waals surface area (Å²) in [7, 11) is 1.45. The van der Waals surface area contributed by atoms with E-state index in [0.717, 1.165) is 10.9 Å². The summed E-state index contributed by atoms with van der Waals surface area (Å²) in [5.41, 5.74) is 2.99. The molecule has 0 aliphatic carbocycles. The maximum atomic E-state index is 14.6. The number of imidazole rings is 1. The Hall–Kier alpha value is -10.4. The number of aromatic amines is 3. The van der Waals surface area contributed by atoms with E-state index in [1.54, 1.807) is 77.3 Å². The Morgan fingerprint density at radius 2 is 0.876 bits per heavy atom. The molecule has 0 saturated heterocycles. The number of nitrogens with zero attached hydrogens (tertiary/aromatic N) is 1. The maximum Gasteiger partial charge on any atom is 0.303 e. The quantitative estimate of drug-likeness (QED) is 0.0224. The number of para-hydroxylation sites is 2. The van der Waals surface area contributed by atoms with E-state index in [9.17, 15) is 77.3 Å². The zero-order valence-corrected chi connectivity index (χ0v) is 61.3. The first-order chi connectivity index (χ1) is 49.9. The van der Waals surface area contributed by atoms with Crippen LogP contribution >= 0.6 is 11.8 Å². The molecule has 3 aromatic heterocycles. The molecule has 574 valence electrons. The number of aliphatic carboxylic acids is 2. The number of carboxylic acid groups (broad SMARTS) is 2. The third-order valence-corrected chi connectivity index (χ3v) is 17.5. The highest BCUT2D eigenvalue weighted by Crippen LogP contribution is 2.22. The van der Waals surface area contributed by atoms with Crippen molar-refractivity contribution in [2.45, 2.75) is 186 Å². The number of rotatable bonds is 46. The molecule has 3 heterocycles. The van der Waals surface area contributed by atoms with E-state index in [0.29, 0.717) is 33.5 Å². The number of carboxylic acids is 2. The Kier molecular flexibility index (Phi) is 34.9. The van der Waals surface area contributed by atoms with Crippen LogP contribution in [0.4, 0.5) is 0 Å². The van der Waals surface area contributed by atoms with Crippen molar-refractivity contribution < 1.29 is 82.4 Å². The molecule has 5 aromatic rings. The van der Waals surface area contributed by atoms with Gasteiger partial charge < -0.3 is 99.4 Å². The van der Waals surface area contributed by atoms with E-state index in [-0.39, 0.29) is 76.2 Å². The molecular formula is C70H101N17O17S. The number of hydrogen-bond donors (Lipinski definition) is 19. The van der Waals surface area contributed by atoms with Crippen molar-refractivity contribution in [1.82, 2.24) is 89.1 Å². The van der Waals surface area contributed by atoms with Gasteiger partial charge in [-0.2, -0.15) is 11.8 Å². The van der Waals surface area contributed by atoms with Gasteiger partial charge in [0, 0.05) is 79.0 Å². The lowest BCUT2D eigenvalue weighted by atomic mass is 10.0. The van der Waals surface area contributed by atoms with Crippen molar-refractivity contribution >= 4 is 116 Å². The van der Waals surface area contributed by atoms with Gasteiger partial charge in [-0.1, -0.05) is 71.0 Å². The minimum absolute atomic E-state index is 0.0149. The van der Waals surface area contributed by atoms with Crippen LogP contribution in [-0.4, -0.2) is 223 Å². The van der Waals surface area contributed by atoms with Crippen LogP contribution in [0.3, 0.4) is 0 Å². The van der Waals surface area contributed by atoms with E-state index in [1.807, 2.05) is 24.5 Å². The number of carbonyl (C=O) groups is 14. The summed E-state index contributed by atoms with van der Waals surface area (Å²) in [5, 5.41) is 64.0. The minimum Gasteiger partial charge on any atom is -0.481 e. The fraction of sp³-hybridized carbons (Fsp3) is 0.529. The van der Waals surface area contributed by atoms with Crippen molar-refractivity contribution in [3.63, 3.8) is 0 Å². The second-order valence-electron chi connectivity index (χ2n) is 26.4. The van der Waals surface area contributed by atoms with E-state index in [4.69, 9.17) is 5.11 Å². The van der Waals surface area contributed by atoms with Crippen LogP contribution in [0.2, 0.25) is 0 Å². The fourth-order valence-corrected chi connectivity index (χ4v) is 11.7. The molecule has 19 N–H and O–H groups in total. The number of likely N-dealkylation sites (N-methyl/N-ethyl adjacent to an activating group) is 1. The molecule has 0 fully saturated rings.